The highest BCUT2D eigenvalue weighted by Gasteiger charge is 2.29. The lowest BCUT2D eigenvalue weighted by Gasteiger charge is -2.24. The molecule has 4 nitrogen and oxygen atoms in total. The van der Waals surface area contributed by atoms with Crippen LogP contribution in [0.25, 0.3) is 0 Å². The Balaban J connectivity index is 1.96. The van der Waals surface area contributed by atoms with Crippen molar-refractivity contribution in [3.63, 3.8) is 0 Å². The maximum absolute atomic E-state index is 10.6. The van der Waals surface area contributed by atoms with Gasteiger partial charge in [0, 0.05) is 0 Å². The minimum atomic E-state index is -0.941. The average Bonchev–Trinajstić information content (AvgIpc) is 2.68. The molecule has 0 aromatic rings. The molecule has 1 saturated carbocycles. The maximum atomic E-state index is 10.6. The molecule has 2 aliphatic rings. The van der Waals surface area contributed by atoms with Gasteiger partial charge in [-0.2, -0.15) is 0 Å². The molecular weight excluding hydrogens is 182 g/mol. The Bertz CT molecular complexity index is 256. The van der Waals surface area contributed by atoms with Gasteiger partial charge in [0.15, 0.2) is 0 Å². The van der Waals surface area contributed by atoms with Crippen molar-refractivity contribution in [3.8, 4) is 0 Å². The highest BCUT2D eigenvalue weighted by Crippen LogP contribution is 2.30. The van der Waals surface area contributed by atoms with Crippen molar-refractivity contribution in [1.29, 1.82) is 0 Å². The summed E-state index contributed by atoms with van der Waals surface area (Å²) in [5.74, 6) is -0.448. The van der Waals surface area contributed by atoms with E-state index >= 15 is 0 Å². The number of hydrogen-bond donors (Lipinski definition) is 2. The summed E-state index contributed by atoms with van der Waals surface area (Å²) >= 11 is 0. The van der Waals surface area contributed by atoms with Crippen molar-refractivity contribution in [3.05, 3.63) is 11.8 Å². The molecule has 1 aliphatic carbocycles. The summed E-state index contributed by atoms with van der Waals surface area (Å²) < 4.78 is 0. The third-order valence-electron chi connectivity index (χ3n) is 2.98. The van der Waals surface area contributed by atoms with Crippen LogP contribution >= 0.6 is 0 Å². The Morgan fingerprint density at radius 1 is 1.43 bits per heavy atom. The van der Waals surface area contributed by atoms with E-state index < -0.39 is 5.97 Å². The fraction of sp³-hybridized carbons (Fsp3) is 0.700. The number of carboxylic acids is 1. The molecule has 14 heavy (non-hydrogen) atoms. The van der Waals surface area contributed by atoms with E-state index in [0.717, 1.165) is 12.8 Å². The second kappa shape index (κ2) is 4.00. The molecule has 2 rings (SSSR count). The maximum Gasteiger partial charge on any atom is 0.354 e. The lowest BCUT2D eigenvalue weighted by atomic mass is 9.85. The molecule has 1 unspecified atom stereocenters. The molecule has 78 valence electrons. The van der Waals surface area contributed by atoms with Gasteiger partial charge in [-0.3, -0.25) is 10.3 Å². The Morgan fingerprint density at radius 2 is 2.14 bits per heavy atom. The molecule has 1 aliphatic heterocycles. The molecule has 2 N–H and O–H groups in total. The quantitative estimate of drug-likeness (QED) is 0.703. The van der Waals surface area contributed by atoms with Crippen LogP contribution in [-0.2, 0) is 9.63 Å². The predicted molar refractivity (Wildman–Crippen MR) is 50.3 cm³/mol. The normalized spacial score (nSPS) is 28.3. The summed E-state index contributed by atoms with van der Waals surface area (Å²) in [6, 6.07) is 0. The van der Waals surface area contributed by atoms with Gasteiger partial charge in [-0.15, -0.1) is 0 Å². The molecule has 0 bridgehead atoms. The number of nitrogens with one attached hydrogen (secondary N) is 1. The van der Waals surface area contributed by atoms with Crippen LogP contribution in [0.3, 0.4) is 0 Å². The largest absolute Gasteiger partial charge is 0.477 e. The van der Waals surface area contributed by atoms with Crippen LogP contribution in [0.2, 0.25) is 0 Å². The van der Waals surface area contributed by atoms with Gasteiger partial charge < -0.3 is 5.11 Å². The third-order valence-corrected chi connectivity index (χ3v) is 2.98. The fourth-order valence-electron chi connectivity index (χ4n) is 2.17. The van der Waals surface area contributed by atoms with Crippen molar-refractivity contribution >= 4 is 5.97 Å². The van der Waals surface area contributed by atoms with Crippen molar-refractivity contribution in [1.82, 2.24) is 5.48 Å². The van der Waals surface area contributed by atoms with Gasteiger partial charge in [0.1, 0.15) is 11.8 Å². The number of hydrogen-bond acceptors (Lipinski definition) is 3. The third kappa shape index (κ3) is 1.90. The van der Waals surface area contributed by atoms with Gasteiger partial charge in [0.25, 0.3) is 0 Å². The first-order valence-corrected chi connectivity index (χ1v) is 5.14. The number of aliphatic carboxylic acids is 1. The van der Waals surface area contributed by atoms with E-state index in [2.05, 4.69) is 5.48 Å². The molecule has 0 spiro atoms. The van der Waals surface area contributed by atoms with Gasteiger partial charge >= 0.3 is 5.97 Å². The zero-order valence-electron chi connectivity index (χ0n) is 8.03. The molecule has 1 atom stereocenters. The van der Waals surface area contributed by atoms with E-state index in [1.165, 1.54) is 19.3 Å². The Hall–Kier alpha value is -1.03. The summed E-state index contributed by atoms with van der Waals surface area (Å²) in [6.07, 6.45) is 7.72. The highest BCUT2D eigenvalue weighted by atomic mass is 16.7. The van der Waals surface area contributed by atoms with Gasteiger partial charge in [-0.25, -0.2) is 4.79 Å². The lowest BCUT2D eigenvalue weighted by molar-refractivity contribution is -0.134. The molecule has 0 radical (unpaired) electrons. The van der Waals surface area contributed by atoms with Crippen molar-refractivity contribution in [2.45, 2.75) is 38.2 Å². The van der Waals surface area contributed by atoms with Crippen LogP contribution in [0.5, 0.6) is 0 Å². The van der Waals surface area contributed by atoms with E-state index in [1.807, 2.05) is 0 Å². The molecular formula is C10H15NO3. The first kappa shape index (κ1) is 9.52. The average molecular weight is 197 g/mol. The summed E-state index contributed by atoms with van der Waals surface area (Å²) in [5.41, 5.74) is 2.65. The lowest BCUT2D eigenvalue weighted by Crippen LogP contribution is -2.24. The monoisotopic (exact) mass is 197 g/mol. The molecule has 4 heteroatoms. The Kier molecular flexibility index (Phi) is 2.72. The smallest absolute Gasteiger partial charge is 0.354 e. The summed E-state index contributed by atoms with van der Waals surface area (Å²) in [6.45, 7) is 0. The zero-order valence-corrected chi connectivity index (χ0v) is 8.03. The molecule has 0 aromatic heterocycles. The van der Waals surface area contributed by atoms with Crippen LogP contribution < -0.4 is 5.48 Å². The van der Waals surface area contributed by atoms with E-state index in [4.69, 9.17) is 9.94 Å². The standard InChI is InChI=1S/C10H15NO3/c12-10(13)8-6-9(14-11-8)7-4-2-1-3-5-7/h6-7,9,11H,1-5H2,(H,12,13). The van der Waals surface area contributed by atoms with Gasteiger partial charge in [0.05, 0.1) is 0 Å². The molecule has 0 amide bonds. The summed E-state index contributed by atoms with van der Waals surface area (Å²) in [5, 5.41) is 8.72. The first-order valence-electron chi connectivity index (χ1n) is 5.14. The van der Waals surface area contributed by atoms with Gasteiger partial charge in [-0.1, -0.05) is 19.3 Å². The van der Waals surface area contributed by atoms with Crippen LogP contribution in [0.4, 0.5) is 0 Å². The Morgan fingerprint density at radius 3 is 2.71 bits per heavy atom. The van der Waals surface area contributed by atoms with Crippen molar-refractivity contribution in [2.75, 3.05) is 0 Å². The van der Waals surface area contributed by atoms with Gasteiger partial charge in [-0.05, 0) is 24.8 Å². The van der Waals surface area contributed by atoms with Crippen LogP contribution in [0.15, 0.2) is 11.8 Å². The predicted octanol–water partition coefficient (Wildman–Crippen LogP) is 1.44. The first-order chi connectivity index (χ1) is 6.77. The number of carboxylic acid groups (broad SMARTS) is 1. The molecule has 0 saturated heterocycles. The summed E-state index contributed by atoms with van der Waals surface area (Å²) in [4.78, 5) is 15.9. The van der Waals surface area contributed by atoms with Crippen molar-refractivity contribution < 1.29 is 14.7 Å². The van der Waals surface area contributed by atoms with Crippen LogP contribution in [0.1, 0.15) is 32.1 Å². The fourth-order valence-corrected chi connectivity index (χ4v) is 2.17. The molecule has 1 fully saturated rings. The zero-order chi connectivity index (χ0) is 9.97. The molecule has 1 heterocycles. The van der Waals surface area contributed by atoms with E-state index in [-0.39, 0.29) is 11.8 Å². The minimum Gasteiger partial charge on any atom is -0.477 e. The number of rotatable bonds is 2. The highest BCUT2D eigenvalue weighted by molar-refractivity contribution is 5.86. The SMILES string of the molecule is O=C(O)C1=CC(C2CCCCC2)ON1. The van der Waals surface area contributed by atoms with Crippen molar-refractivity contribution in [2.24, 2.45) is 5.92 Å². The molecule has 0 aromatic carbocycles. The van der Waals surface area contributed by atoms with Gasteiger partial charge in [0.2, 0.25) is 0 Å². The topological polar surface area (TPSA) is 58.6 Å². The van der Waals surface area contributed by atoms with E-state index in [1.54, 1.807) is 6.08 Å². The van der Waals surface area contributed by atoms with Crippen LogP contribution in [-0.4, -0.2) is 17.2 Å². The minimum absolute atomic E-state index is 0.0404. The van der Waals surface area contributed by atoms with E-state index in [0.29, 0.717) is 5.92 Å². The second-order valence-corrected chi connectivity index (χ2v) is 3.97. The number of hydroxylamine groups is 1. The number of carbonyl (C=O) groups is 1. The van der Waals surface area contributed by atoms with E-state index in [9.17, 15) is 4.79 Å². The Labute approximate surface area is 82.9 Å². The second-order valence-electron chi connectivity index (χ2n) is 3.97. The summed E-state index contributed by atoms with van der Waals surface area (Å²) in [7, 11) is 0. The van der Waals surface area contributed by atoms with Crippen LogP contribution in [0, 0.1) is 5.92 Å².